The first-order valence-corrected chi connectivity index (χ1v) is 16.9. The molecule has 2 atom stereocenters. The molecule has 14 heteroatoms. The van der Waals surface area contributed by atoms with Gasteiger partial charge in [0, 0.05) is 50.2 Å². The van der Waals surface area contributed by atoms with Crippen LogP contribution in [0.3, 0.4) is 0 Å². The van der Waals surface area contributed by atoms with Gasteiger partial charge in [0.2, 0.25) is 11.8 Å². The lowest BCUT2D eigenvalue weighted by atomic mass is 9.93. The van der Waals surface area contributed by atoms with E-state index in [1.165, 1.54) is 15.9 Å². The number of likely N-dealkylation sites (tertiary alicyclic amines) is 1. The number of hydrogen-bond acceptors (Lipinski definition) is 8. The van der Waals surface area contributed by atoms with Crippen molar-refractivity contribution >= 4 is 40.6 Å². The Morgan fingerprint density at radius 1 is 1.00 bits per heavy atom. The Hall–Kier alpha value is -4.49. The summed E-state index contributed by atoms with van der Waals surface area (Å²) in [4.78, 5) is 73.8. The van der Waals surface area contributed by atoms with Crippen molar-refractivity contribution < 1.29 is 37.8 Å². The number of amides is 5. The van der Waals surface area contributed by atoms with E-state index >= 15 is 0 Å². The first-order valence-electron chi connectivity index (χ1n) is 16.9. The van der Waals surface area contributed by atoms with E-state index in [0.717, 1.165) is 37.7 Å². The van der Waals surface area contributed by atoms with Gasteiger partial charge in [0.1, 0.15) is 30.2 Å². The zero-order valence-corrected chi connectivity index (χ0v) is 27.7. The van der Waals surface area contributed by atoms with E-state index in [4.69, 9.17) is 9.47 Å². The Balaban J connectivity index is 1.23. The molecule has 0 radical (unpaired) electrons. The normalized spacial score (nSPS) is 18.6. The number of nitrogens with zero attached hydrogens (tertiary/aromatic N) is 4. The average Bonchev–Trinajstić information content (AvgIpc) is 3.57. The minimum absolute atomic E-state index is 0.111. The van der Waals surface area contributed by atoms with Crippen LogP contribution < -0.4 is 15.4 Å². The van der Waals surface area contributed by atoms with E-state index in [-0.39, 0.29) is 62.1 Å². The molecular weight excluding hydrogens is 623 g/mol. The van der Waals surface area contributed by atoms with Crippen molar-refractivity contribution in [3.05, 3.63) is 35.5 Å². The van der Waals surface area contributed by atoms with Gasteiger partial charge in [-0.05, 0) is 63.1 Å². The van der Waals surface area contributed by atoms with Crippen molar-refractivity contribution in [1.82, 2.24) is 30.3 Å². The van der Waals surface area contributed by atoms with Gasteiger partial charge in [-0.2, -0.15) is 0 Å². The van der Waals surface area contributed by atoms with Crippen LogP contribution in [0.15, 0.2) is 24.3 Å². The smallest absolute Gasteiger partial charge is 0.409 e. The number of hydrogen-bond donors (Lipinski definition) is 2. The van der Waals surface area contributed by atoms with Crippen molar-refractivity contribution in [2.75, 3.05) is 52.6 Å². The molecule has 1 aromatic carbocycles. The fourth-order valence-corrected chi connectivity index (χ4v) is 6.08. The van der Waals surface area contributed by atoms with Crippen molar-refractivity contribution in [3.63, 3.8) is 0 Å². The van der Waals surface area contributed by atoms with Crippen molar-refractivity contribution in [1.29, 1.82) is 0 Å². The second-order valence-corrected chi connectivity index (χ2v) is 12.7. The van der Waals surface area contributed by atoms with Crippen LogP contribution in [0.1, 0.15) is 67.9 Å². The molecule has 1 saturated carbocycles. The van der Waals surface area contributed by atoms with E-state index in [0.29, 0.717) is 36.9 Å². The lowest BCUT2D eigenvalue weighted by Gasteiger charge is -2.35. The highest BCUT2D eigenvalue weighted by atomic mass is 19.1. The maximum absolute atomic E-state index is 14.2. The van der Waals surface area contributed by atoms with Crippen molar-refractivity contribution in [2.45, 2.75) is 76.9 Å². The largest absolute Gasteiger partial charge is 0.483 e. The number of nitrogens with one attached hydrogen (secondary N) is 2. The molecule has 3 fully saturated rings. The third kappa shape index (κ3) is 8.32. The minimum atomic E-state index is -1.46. The molecule has 5 rings (SSSR count). The first kappa shape index (κ1) is 34.8. The van der Waals surface area contributed by atoms with Gasteiger partial charge >= 0.3 is 6.09 Å². The Kier molecular flexibility index (Phi) is 11.7. The van der Waals surface area contributed by atoms with Crippen molar-refractivity contribution in [2.24, 2.45) is 0 Å². The molecule has 2 N–H and O–H groups in total. The Morgan fingerprint density at radius 3 is 2.44 bits per heavy atom. The summed E-state index contributed by atoms with van der Waals surface area (Å²) in [5.74, 6) is -1.65. The molecule has 0 bridgehead atoms. The first-order chi connectivity index (χ1) is 23.2. The maximum Gasteiger partial charge on any atom is 0.409 e. The van der Waals surface area contributed by atoms with Gasteiger partial charge in [-0.3, -0.25) is 19.2 Å². The SMILES string of the molecule is CCCCOC(=O)N1CCN(C(=O)C(CF)NC(=O)c2cc(OCC(=O)N3CCCC3C(=O)NC3CCC3)c3ccc(C)cc3n2)CC1. The molecule has 0 spiro atoms. The lowest BCUT2D eigenvalue weighted by molar-refractivity contribution is -0.140. The third-order valence-corrected chi connectivity index (χ3v) is 9.17. The molecule has 3 aliphatic rings. The molecule has 2 unspecified atom stereocenters. The second kappa shape index (κ2) is 16.1. The molecule has 1 aliphatic carbocycles. The zero-order chi connectivity index (χ0) is 34.2. The fourth-order valence-electron chi connectivity index (χ4n) is 6.08. The number of piperazine rings is 1. The average molecular weight is 669 g/mol. The van der Waals surface area contributed by atoms with Crippen LogP contribution in [0, 0.1) is 6.92 Å². The monoisotopic (exact) mass is 668 g/mol. The topological polar surface area (TPSA) is 150 Å². The van der Waals surface area contributed by atoms with E-state index < -0.39 is 36.7 Å². The van der Waals surface area contributed by atoms with Gasteiger partial charge in [-0.1, -0.05) is 19.4 Å². The maximum atomic E-state index is 14.2. The Morgan fingerprint density at radius 2 is 1.75 bits per heavy atom. The number of pyridine rings is 1. The lowest BCUT2D eigenvalue weighted by Crippen LogP contribution is -2.56. The molecule has 2 aromatic rings. The van der Waals surface area contributed by atoms with E-state index in [1.807, 2.05) is 19.9 Å². The summed E-state index contributed by atoms with van der Waals surface area (Å²) in [6.07, 6.45) is 5.51. The van der Waals surface area contributed by atoms with Gasteiger partial charge in [0.05, 0.1) is 12.1 Å². The molecule has 48 heavy (non-hydrogen) atoms. The minimum Gasteiger partial charge on any atom is -0.483 e. The van der Waals surface area contributed by atoms with Gasteiger partial charge < -0.3 is 34.8 Å². The van der Waals surface area contributed by atoms with Crippen LogP contribution in [-0.4, -0.2) is 120 Å². The summed E-state index contributed by atoms with van der Waals surface area (Å²) in [5, 5.41) is 6.05. The second-order valence-electron chi connectivity index (χ2n) is 12.7. The predicted molar refractivity (Wildman–Crippen MR) is 174 cm³/mol. The molecule has 2 aliphatic heterocycles. The van der Waals surface area contributed by atoms with Gasteiger partial charge in [-0.15, -0.1) is 0 Å². The Labute approximate surface area is 279 Å². The van der Waals surface area contributed by atoms with E-state index in [2.05, 4.69) is 15.6 Å². The summed E-state index contributed by atoms with van der Waals surface area (Å²) < 4.78 is 25.4. The number of carbonyl (C=O) groups excluding carboxylic acids is 5. The molecule has 260 valence electrons. The highest BCUT2D eigenvalue weighted by Crippen LogP contribution is 2.28. The molecule has 1 aromatic heterocycles. The molecule has 5 amide bonds. The molecule has 13 nitrogen and oxygen atoms in total. The quantitative estimate of drug-likeness (QED) is 0.328. The summed E-state index contributed by atoms with van der Waals surface area (Å²) in [6, 6.07) is 4.92. The summed E-state index contributed by atoms with van der Waals surface area (Å²) in [6.45, 7) is 3.96. The number of halogens is 1. The number of carbonyl (C=O) groups is 5. The highest BCUT2D eigenvalue weighted by Gasteiger charge is 2.36. The molecular formula is C34H45FN6O7. The van der Waals surface area contributed by atoms with Crippen LogP contribution in [0.2, 0.25) is 0 Å². The van der Waals surface area contributed by atoms with Crippen LogP contribution in [0.5, 0.6) is 5.75 Å². The number of aryl methyl sites for hydroxylation is 1. The fraction of sp³-hybridized carbons (Fsp3) is 0.588. The summed E-state index contributed by atoms with van der Waals surface area (Å²) in [5.41, 5.74) is 1.19. The number of unbranched alkanes of at least 4 members (excludes halogenated alkanes) is 1. The number of alkyl halides is 1. The van der Waals surface area contributed by atoms with Gasteiger partial charge in [0.15, 0.2) is 6.61 Å². The molecule has 3 heterocycles. The molecule has 2 saturated heterocycles. The highest BCUT2D eigenvalue weighted by molar-refractivity contribution is 5.99. The number of aromatic nitrogens is 1. The van der Waals surface area contributed by atoms with Crippen molar-refractivity contribution in [3.8, 4) is 5.75 Å². The summed E-state index contributed by atoms with van der Waals surface area (Å²) in [7, 11) is 0. The van der Waals surface area contributed by atoms with Crippen LogP contribution in [-0.2, 0) is 19.1 Å². The third-order valence-electron chi connectivity index (χ3n) is 9.17. The predicted octanol–water partition coefficient (Wildman–Crippen LogP) is 2.73. The number of rotatable bonds is 12. The van der Waals surface area contributed by atoms with E-state index in [9.17, 15) is 28.4 Å². The zero-order valence-electron chi connectivity index (χ0n) is 27.7. The van der Waals surface area contributed by atoms with Gasteiger partial charge in [0.25, 0.3) is 11.8 Å². The van der Waals surface area contributed by atoms with E-state index in [1.54, 1.807) is 17.0 Å². The number of benzene rings is 1. The van der Waals surface area contributed by atoms with Crippen LogP contribution in [0.25, 0.3) is 10.9 Å². The number of ether oxygens (including phenoxy) is 2. The standard InChI is InChI=1S/C34H45FN6O7/c1-3-4-17-47-34(46)40-15-13-39(14-16-40)33(45)27(20-35)38-31(43)26-19-29(24-11-10-22(2)18-25(24)37-26)48-21-30(42)41-12-6-9-28(41)32(44)36-23-7-5-8-23/h10-11,18-19,23,27-28H,3-9,12-17,20-21H2,1-2H3,(H,36,44)(H,38,43). The summed E-state index contributed by atoms with van der Waals surface area (Å²) >= 11 is 0. The Bertz CT molecular complexity index is 1510. The van der Waals surface area contributed by atoms with Crippen LogP contribution >= 0.6 is 0 Å². The van der Waals surface area contributed by atoms with Crippen LogP contribution in [0.4, 0.5) is 9.18 Å². The van der Waals surface area contributed by atoms with Gasteiger partial charge in [-0.25, -0.2) is 14.2 Å². The number of fused-ring (bicyclic) bond motifs is 1.